The van der Waals surface area contributed by atoms with Gasteiger partial charge < -0.3 is 5.32 Å². The van der Waals surface area contributed by atoms with E-state index in [-0.39, 0.29) is 10.9 Å². The third-order valence-electron chi connectivity index (χ3n) is 4.43. The lowest BCUT2D eigenvalue weighted by molar-refractivity contribution is 0.0978. The zero-order chi connectivity index (χ0) is 22.1. The molecule has 0 radical (unpaired) electrons. The van der Waals surface area contributed by atoms with Crippen LogP contribution < -0.4 is 10.6 Å². The van der Waals surface area contributed by atoms with Crippen molar-refractivity contribution < 1.29 is 9.18 Å². The first-order chi connectivity index (χ1) is 14.8. The van der Waals surface area contributed by atoms with Crippen LogP contribution in [0.25, 0.3) is 16.7 Å². The van der Waals surface area contributed by atoms with E-state index >= 15 is 0 Å². The predicted molar refractivity (Wildman–Crippen MR) is 126 cm³/mol. The van der Waals surface area contributed by atoms with Crippen molar-refractivity contribution in [1.82, 2.24) is 20.3 Å². The van der Waals surface area contributed by atoms with Gasteiger partial charge in [-0.2, -0.15) is 4.80 Å². The van der Waals surface area contributed by atoms with Crippen LogP contribution in [0.4, 0.5) is 10.1 Å². The molecular weight excluding hydrogens is 505 g/mol. The Kier molecular flexibility index (Phi) is 5.99. The lowest BCUT2D eigenvalue weighted by Crippen LogP contribution is -2.34. The van der Waals surface area contributed by atoms with Gasteiger partial charge in [-0.15, -0.1) is 10.2 Å². The number of benzene rings is 3. The highest BCUT2D eigenvalue weighted by Gasteiger charge is 2.14. The van der Waals surface area contributed by atoms with Crippen LogP contribution in [0, 0.1) is 12.7 Å². The second-order valence-electron chi connectivity index (χ2n) is 6.65. The van der Waals surface area contributed by atoms with Gasteiger partial charge >= 0.3 is 0 Å². The van der Waals surface area contributed by atoms with Gasteiger partial charge in [0.25, 0.3) is 5.91 Å². The van der Waals surface area contributed by atoms with Crippen molar-refractivity contribution in [3.05, 3.63) is 81.0 Å². The number of amides is 1. The van der Waals surface area contributed by atoms with Gasteiger partial charge in [-0.3, -0.25) is 10.1 Å². The summed E-state index contributed by atoms with van der Waals surface area (Å²) in [6.45, 7) is 1.88. The Morgan fingerprint density at radius 1 is 1.10 bits per heavy atom. The number of nitrogens with zero attached hydrogens (tertiary/aromatic N) is 3. The number of anilines is 1. The lowest BCUT2D eigenvalue weighted by atomic mass is 10.2. The van der Waals surface area contributed by atoms with Crippen molar-refractivity contribution in [2.75, 3.05) is 5.32 Å². The first-order valence-corrected chi connectivity index (χ1v) is 10.6. The molecule has 3 aromatic carbocycles. The van der Waals surface area contributed by atoms with E-state index in [1.807, 2.05) is 13.0 Å². The zero-order valence-corrected chi connectivity index (χ0v) is 19.1. The summed E-state index contributed by atoms with van der Waals surface area (Å²) in [4.78, 5) is 13.9. The molecule has 0 atom stereocenters. The van der Waals surface area contributed by atoms with Crippen molar-refractivity contribution in [3.63, 3.8) is 0 Å². The molecule has 4 aromatic rings. The van der Waals surface area contributed by atoms with Crippen LogP contribution in [0.5, 0.6) is 0 Å². The van der Waals surface area contributed by atoms with Crippen LogP contribution in [-0.4, -0.2) is 26.0 Å². The maximum absolute atomic E-state index is 13.2. The van der Waals surface area contributed by atoms with E-state index in [9.17, 15) is 9.18 Å². The number of carbonyl (C=O) groups is 1. The second-order valence-corrected chi connectivity index (χ2v) is 8.39. The smallest absolute Gasteiger partial charge is 0.258 e. The third kappa shape index (κ3) is 4.73. The molecule has 4 rings (SSSR count). The van der Waals surface area contributed by atoms with Crippen LogP contribution in [0.15, 0.2) is 59.1 Å². The topological polar surface area (TPSA) is 71.8 Å². The van der Waals surface area contributed by atoms with Crippen LogP contribution in [-0.2, 0) is 0 Å². The summed E-state index contributed by atoms with van der Waals surface area (Å²) in [5.74, 6) is -0.757. The molecule has 0 fully saturated rings. The van der Waals surface area contributed by atoms with Crippen molar-refractivity contribution in [2.24, 2.45) is 0 Å². The van der Waals surface area contributed by atoms with Crippen LogP contribution >= 0.6 is 39.7 Å². The summed E-state index contributed by atoms with van der Waals surface area (Å²) in [6, 6.07) is 14.5. The number of rotatable bonds is 3. The summed E-state index contributed by atoms with van der Waals surface area (Å²) in [5, 5.41) is 14.9. The number of hydrogen-bond donors (Lipinski definition) is 2. The molecule has 6 nitrogen and oxygen atoms in total. The van der Waals surface area contributed by atoms with Gasteiger partial charge in [0.2, 0.25) is 0 Å². The Morgan fingerprint density at radius 2 is 1.77 bits per heavy atom. The number of aromatic nitrogens is 3. The molecule has 1 aromatic heterocycles. The molecule has 1 amide bonds. The van der Waals surface area contributed by atoms with Gasteiger partial charge in [-0.25, -0.2) is 4.39 Å². The minimum absolute atomic E-state index is 0.120. The first kappa shape index (κ1) is 21.4. The maximum atomic E-state index is 13.2. The highest BCUT2D eigenvalue weighted by atomic mass is 79.9. The summed E-state index contributed by atoms with van der Waals surface area (Å²) >= 11 is 14.7. The number of nitrogens with one attached hydrogen (secondary N) is 2. The maximum Gasteiger partial charge on any atom is 0.258 e. The number of halogens is 3. The molecule has 0 spiro atoms. The number of carbonyl (C=O) groups excluding carboxylic acids is 1. The monoisotopic (exact) mass is 517 g/mol. The van der Waals surface area contributed by atoms with E-state index in [2.05, 4.69) is 36.8 Å². The van der Waals surface area contributed by atoms with Gasteiger partial charge in [0.05, 0.1) is 16.3 Å². The average molecular weight is 519 g/mol. The molecule has 0 aliphatic carbocycles. The SMILES string of the molecule is Cc1cc2nn(-c3ccc(F)cc3)nc2cc1NC(=S)NC(=O)c1cc(Br)ccc1Cl. The Morgan fingerprint density at radius 3 is 2.48 bits per heavy atom. The first-order valence-electron chi connectivity index (χ1n) is 9.01. The van der Waals surface area contributed by atoms with E-state index < -0.39 is 5.91 Å². The largest absolute Gasteiger partial charge is 0.332 e. The standard InChI is InChI=1S/C21H14BrClFN5OS/c1-11-8-18-19(28-29(27-18)14-5-3-13(24)4-6-14)10-17(11)25-21(31)26-20(30)15-9-12(22)2-7-16(15)23/h2-10H,1H3,(H2,25,26,30,31). The van der Waals surface area contributed by atoms with E-state index in [0.29, 0.717) is 33.0 Å². The molecule has 2 N–H and O–H groups in total. The highest BCUT2D eigenvalue weighted by molar-refractivity contribution is 9.10. The van der Waals surface area contributed by atoms with Gasteiger partial charge in [0.1, 0.15) is 16.9 Å². The number of fused-ring (bicyclic) bond motifs is 1. The molecular formula is C21H14BrClFN5OS. The molecule has 0 saturated heterocycles. The van der Waals surface area contributed by atoms with E-state index in [0.717, 1.165) is 10.0 Å². The minimum atomic E-state index is -0.426. The normalized spacial score (nSPS) is 10.8. The predicted octanol–water partition coefficient (Wildman–Crippen LogP) is 5.41. The summed E-state index contributed by atoms with van der Waals surface area (Å²) < 4.78 is 13.9. The third-order valence-corrected chi connectivity index (χ3v) is 5.46. The molecule has 156 valence electrons. The molecule has 0 aliphatic heterocycles. The lowest BCUT2D eigenvalue weighted by Gasteiger charge is -2.12. The second kappa shape index (κ2) is 8.70. The average Bonchev–Trinajstić information content (AvgIpc) is 3.13. The number of thiocarbonyl (C=S) groups is 1. The zero-order valence-electron chi connectivity index (χ0n) is 16.0. The summed E-state index contributed by atoms with van der Waals surface area (Å²) in [7, 11) is 0. The van der Waals surface area contributed by atoms with Gasteiger partial charge in [0, 0.05) is 10.2 Å². The molecule has 0 unspecified atom stereocenters. The fourth-order valence-electron chi connectivity index (χ4n) is 2.89. The minimum Gasteiger partial charge on any atom is -0.332 e. The van der Waals surface area contributed by atoms with Crippen LogP contribution in [0.2, 0.25) is 5.02 Å². The Bertz CT molecular complexity index is 1330. The Labute approximate surface area is 195 Å². The van der Waals surface area contributed by atoms with Crippen LogP contribution in [0.1, 0.15) is 15.9 Å². The van der Waals surface area contributed by atoms with E-state index in [1.165, 1.54) is 16.9 Å². The van der Waals surface area contributed by atoms with Crippen molar-refractivity contribution in [2.45, 2.75) is 6.92 Å². The molecule has 0 aliphatic rings. The fraction of sp³-hybridized carbons (Fsp3) is 0.0476. The Hall–Kier alpha value is -2.88. The molecule has 0 bridgehead atoms. The van der Waals surface area contributed by atoms with Crippen molar-refractivity contribution in [1.29, 1.82) is 0 Å². The van der Waals surface area contributed by atoms with Gasteiger partial charge in [-0.05, 0) is 79.3 Å². The van der Waals surface area contributed by atoms with Crippen molar-refractivity contribution in [3.8, 4) is 5.69 Å². The number of hydrogen-bond acceptors (Lipinski definition) is 4. The van der Waals surface area contributed by atoms with Crippen molar-refractivity contribution >= 4 is 67.5 Å². The Balaban J connectivity index is 1.54. The molecule has 10 heteroatoms. The number of aryl methyl sites for hydroxylation is 1. The highest BCUT2D eigenvalue weighted by Crippen LogP contribution is 2.23. The van der Waals surface area contributed by atoms with Crippen LogP contribution in [0.3, 0.4) is 0 Å². The van der Waals surface area contributed by atoms with E-state index in [1.54, 1.807) is 36.4 Å². The molecule has 1 heterocycles. The quantitative estimate of drug-likeness (QED) is 0.355. The molecule has 31 heavy (non-hydrogen) atoms. The fourth-order valence-corrected chi connectivity index (χ4v) is 3.66. The molecule has 0 saturated carbocycles. The van der Waals surface area contributed by atoms with Gasteiger partial charge in [0.15, 0.2) is 5.11 Å². The van der Waals surface area contributed by atoms with E-state index in [4.69, 9.17) is 23.8 Å². The summed E-state index contributed by atoms with van der Waals surface area (Å²) in [5.41, 5.74) is 3.75. The summed E-state index contributed by atoms with van der Waals surface area (Å²) in [6.07, 6.45) is 0. The van der Waals surface area contributed by atoms with Gasteiger partial charge in [-0.1, -0.05) is 27.5 Å².